The zero-order valence-electron chi connectivity index (χ0n) is 11.4. The van der Waals surface area contributed by atoms with Crippen LogP contribution in [0.5, 0.6) is 0 Å². The van der Waals surface area contributed by atoms with Gasteiger partial charge in [-0.2, -0.15) is 0 Å². The molecular formula is C14H30BrN. The highest BCUT2D eigenvalue weighted by molar-refractivity contribution is 9.09. The van der Waals surface area contributed by atoms with E-state index >= 15 is 0 Å². The summed E-state index contributed by atoms with van der Waals surface area (Å²) in [6.45, 7) is 8.06. The van der Waals surface area contributed by atoms with Gasteiger partial charge in [0.2, 0.25) is 0 Å². The topological polar surface area (TPSA) is 12.0 Å². The van der Waals surface area contributed by atoms with Gasteiger partial charge in [-0.25, -0.2) is 0 Å². The Balaban J connectivity index is 3.35. The molecule has 0 amide bonds. The average molecular weight is 292 g/mol. The van der Waals surface area contributed by atoms with Gasteiger partial charge in [0.05, 0.1) is 0 Å². The Kier molecular flexibility index (Phi) is 10.9. The van der Waals surface area contributed by atoms with Gasteiger partial charge in [0, 0.05) is 10.9 Å². The largest absolute Gasteiger partial charge is 0.312 e. The van der Waals surface area contributed by atoms with Gasteiger partial charge >= 0.3 is 0 Å². The lowest BCUT2D eigenvalue weighted by atomic mass is 9.96. The van der Waals surface area contributed by atoms with Gasteiger partial charge < -0.3 is 5.32 Å². The van der Waals surface area contributed by atoms with Gasteiger partial charge in [-0.1, -0.05) is 61.4 Å². The summed E-state index contributed by atoms with van der Waals surface area (Å²) in [5.74, 6) is 0. The standard InChI is InChI=1S/C14H30BrN/c1-4-5-6-7-8-9-11-14(2,3)16-13-10-12-15/h16H,4-13H2,1-3H3. The third-order valence-electron chi connectivity index (χ3n) is 3.07. The van der Waals surface area contributed by atoms with Crippen molar-refractivity contribution in [2.75, 3.05) is 11.9 Å². The maximum absolute atomic E-state index is 3.63. The van der Waals surface area contributed by atoms with Crippen molar-refractivity contribution in [3.05, 3.63) is 0 Å². The van der Waals surface area contributed by atoms with Crippen LogP contribution in [0.2, 0.25) is 0 Å². The van der Waals surface area contributed by atoms with Gasteiger partial charge in [0.25, 0.3) is 0 Å². The van der Waals surface area contributed by atoms with Crippen molar-refractivity contribution in [1.29, 1.82) is 0 Å². The van der Waals surface area contributed by atoms with Gasteiger partial charge in [0.1, 0.15) is 0 Å². The van der Waals surface area contributed by atoms with E-state index in [-0.39, 0.29) is 0 Å². The van der Waals surface area contributed by atoms with E-state index in [2.05, 4.69) is 42.0 Å². The molecule has 16 heavy (non-hydrogen) atoms. The minimum absolute atomic E-state index is 0.326. The number of alkyl halides is 1. The molecule has 0 aromatic heterocycles. The van der Waals surface area contributed by atoms with Crippen LogP contribution in [0.4, 0.5) is 0 Å². The summed E-state index contributed by atoms with van der Waals surface area (Å²) in [4.78, 5) is 0. The van der Waals surface area contributed by atoms with E-state index in [4.69, 9.17) is 0 Å². The molecule has 0 rings (SSSR count). The fraction of sp³-hybridized carbons (Fsp3) is 1.00. The van der Waals surface area contributed by atoms with Crippen LogP contribution in [0.15, 0.2) is 0 Å². The number of hydrogen-bond donors (Lipinski definition) is 1. The normalized spacial score (nSPS) is 12.0. The predicted octanol–water partition coefficient (Wildman–Crippen LogP) is 4.89. The molecule has 0 heterocycles. The lowest BCUT2D eigenvalue weighted by Gasteiger charge is -2.26. The van der Waals surface area contributed by atoms with Gasteiger partial charge in [-0.05, 0) is 33.2 Å². The predicted molar refractivity (Wildman–Crippen MR) is 78.5 cm³/mol. The molecule has 0 saturated heterocycles. The van der Waals surface area contributed by atoms with Crippen molar-refractivity contribution < 1.29 is 0 Å². The van der Waals surface area contributed by atoms with E-state index < -0.39 is 0 Å². The van der Waals surface area contributed by atoms with E-state index in [9.17, 15) is 0 Å². The van der Waals surface area contributed by atoms with E-state index in [1.165, 1.54) is 51.4 Å². The molecule has 0 fully saturated rings. The van der Waals surface area contributed by atoms with Crippen molar-refractivity contribution in [3.8, 4) is 0 Å². The van der Waals surface area contributed by atoms with Crippen LogP contribution >= 0.6 is 15.9 Å². The molecule has 0 saturated carbocycles. The molecule has 0 aromatic rings. The first-order valence-corrected chi connectivity index (χ1v) is 8.05. The maximum Gasteiger partial charge on any atom is 0.0125 e. The third-order valence-corrected chi connectivity index (χ3v) is 3.63. The van der Waals surface area contributed by atoms with Gasteiger partial charge in [-0.15, -0.1) is 0 Å². The summed E-state index contributed by atoms with van der Waals surface area (Å²) in [6, 6.07) is 0. The second-order valence-electron chi connectivity index (χ2n) is 5.37. The molecule has 0 aromatic carbocycles. The lowest BCUT2D eigenvalue weighted by molar-refractivity contribution is 0.348. The average Bonchev–Trinajstić information content (AvgIpc) is 2.23. The first kappa shape index (κ1) is 16.4. The molecule has 1 nitrogen and oxygen atoms in total. The summed E-state index contributed by atoms with van der Waals surface area (Å²) in [7, 11) is 0. The summed E-state index contributed by atoms with van der Waals surface area (Å²) in [6.07, 6.45) is 10.9. The molecule has 0 aliphatic rings. The fourth-order valence-electron chi connectivity index (χ4n) is 1.93. The first-order valence-electron chi connectivity index (χ1n) is 6.93. The van der Waals surface area contributed by atoms with Gasteiger partial charge in [-0.3, -0.25) is 0 Å². The Morgan fingerprint density at radius 2 is 1.56 bits per heavy atom. The monoisotopic (exact) mass is 291 g/mol. The highest BCUT2D eigenvalue weighted by Crippen LogP contribution is 2.15. The Morgan fingerprint density at radius 3 is 2.19 bits per heavy atom. The quantitative estimate of drug-likeness (QED) is 0.422. The number of hydrogen-bond acceptors (Lipinski definition) is 1. The zero-order valence-corrected chi connectivity index (χ0v) is 13.0. The van der Waals surface area contributed by atoms with E-state index in [1.807, 2.05) is 0 Å². The Labute approximate surface area is 111 Å². The number of unbranched alkanes of at least 4 members (excludes halogenated alkanes) is 5. The van der Waals surface area contributed by atoms with Crippen molar-refractivity contribution in [2.24, 2.45) is 0 Å². The molecule has 0 aliphatic heterocycles. The molecule has 0 radical (unpaired) electrons. The second kappa shape index (κ2) is 10.6. The number of halogens is 1. The molecular weight excluding hydrogens is 262 g/mol. The minimum atomic E-state index is 0.326. The van der Waals surface area contributed by atoms with E-state index in [0.29, 0.717) is 5.54 Å². The third kappa shape index (κ3) is 10.9. The van der Waals surface area contributed by atoms with E-state index in [1.54, 1.807) is 0 Å². The van der Waals surface area contributed by atoms with Crippen LogP contribution < -0.4 is 5.32 Å². The van der Waals surface area contributed by atoms with Crippen LogP contribution in [0.1, 0.15) is 72.1 Å². The van der Waals surface area contributed by atoms with Crippen molar-refractivity contribution in [3.63, 3.8) is 0 Å². The smallest absolute Gasteiger partial charge is 0.0125 e. The first-order chi connectivity index (χ1) is 7.62. The Bertz CT molecular complexity index is 146. The molecule has 1 N–H and O–H groups in total. The van der Waals surface area contributed by atoms with Crippen LogP contribution in [-0.4, -0.2) is 17.4 Å². The summed E-state index contributed by atoms with van der Waals surface area (Å²) < 4.78 is 0. The number of nitrogens with one attached hydrogen (secondary N) is 1. The van der Waals surface area contributed by atoms with Crippen molar-refractivity contribution >= 4 is 15.9 Å². The maximum atomic E-state index is 3.63. The molecule has 0 atom stereocenters. The van der Waals surface area contributed by atoms with Crippen LogP contribution in [0.25, 0.3) is 0 Å². The van der Waals surface area contributed by atoms with Crippen molar-refractivity contribution in [1.82, 2.24) is 5.32 Å². The highest BCUT2D eigenvalue weighted by atomic mass is 79.9. The SMILES string of the molecule is CCCCCCCCC(C)(C)NCCCBr. The molecule has 0 bridgehead atoms. The number of rotatable bonds is 11. The zero-order chi connectivity index (χ0) is 12.3. The van der Waals surface area contributed by atoms with Crippen LogP contribution in [-0.2, 0) is 0 Å². The Morgan fingerprint density at radius 1 is 0.938 bits per heavy atom. The molecule has 2 heteroatoms. The van der Waals surface area contributed by atoms with Crippen LogP contribution in [0, 0.1) is 0 Å². The van der Waals surface area contributed by atoms with Gasteiger partial charge in [0.15, 0.2) is 0 Å². The summed E-state index contributed by atoms with van der Waals surface area (Å²) in [5, 5.41) is 4.74. The Hall–Kier alpha value is 0.440. The fourth-order valence-corrected chi connectivity index (χ4v) is 2.21. The second-order valence-corrected chi connectivity index (χ2v) is 6.16. The minimum Gasteiger partial charge on any atom is -0.312 e. The summed E-state index contributed by atoms with van der Waals surface area (Å²) >= 11 is 3.47. The summed E-state index contributed by atoms with van der Waals surface area (Å²) in [5.41, 5.74) is 0.326. The van der Waals surface area contributed by atoms with Crippen molar-refractivity contribution in [2.45, 2.75) is 77.7 Å². The molecule has 0 unspecified atom stereocenters. The molecule has 0 aliphatic carbocycles. The molecule has 98 valence electrons. The highest BCUT2D eigenvalue weighted by Gasteiger charge is 2.15. The van der Waals surface area contributed by atoms with Crippen LogP contribution in [0.3, 0.4) is 0 Å². The lowest BCUT2D eigenvalue weighted by Crippen LogP contribution is -2.39. The molecule has 0 spiro atoms. The van der Waals surface area contributed by atoms with E-state index in [0.717, 1.165) is 11.9 Å².